The maximum absolute atomic E-state index is 12.5. The van der Waals surface area contributed by atoms with Crippen LogP contribution in [0.25, 0.3) is 0 Å². The molecule has 0 amide bonds. The highest BCUT2D eigenvalue weighted by molar-refractivity contribution is 6.00. The molecule has 2 aromatic carbocycles. The predicted octanol–water partition coefficient (Wildman–Crippen LogP) is 2.71. The van der Waals surface area contributed by atoms with Crippen molar-refractivity contribution in [3.8, 4) is 0 Å². The topological polar surface area (TPSA) is 78.4 Å². The summed E-state index contributed by atoms with van der Waals surface area (Å²) in [5.41, 5.74) is 4.23. The van der Waals surface area contributed by atoms with Gasteiger partial charge in [-0.25, -0.2) is 4.79 Å². The lowest BCUT2D eigenvalue weighted by atomic mass is 10.0. The highest BCUT2D eigenvalue weighted by Crippen LogP contribution is 2.23. The third-order valence-electron chi connectivity index (χ3n) is 4.31. The van der Waals surface area contributed by atoms with Crippen LogP contribution in [-0.4, -0.2) is 29.4 Å². The zero-order valence-electron chi connectivity index (χ0n) is 13.5. The van der Waals surface area contributed by atoms with Crippen LogP contribution < -0.4 is 10.6 Å². The average molecular weight is 324 g/mol. The van der Waals surface area contributed by atoms with Crippen LogP contribution in [0.15, 0.2) is 42.5 Å². The molecule has 1 aliphatic heterocycles. The van der Waals surface area contributed by atoms with E-state index >= 15 is 0 Å². The van der Waals surface area contributed by atoms with Crippen LogP contribution in [-0.2, 0) is 13.0 Å². The van der Waals surface area contributed by atoms with Crippen molar-refractivity contribution in [2.75, 3.05) is 11.9 Å². The predicted molar refractivity (Wildman–Crippen MR) is 92.7 cm³/mol. The minimum Gasteiger partial charge on any atom is -0.478 e. The van der Waals surface area contributed by atoms with E-state index in [0.29, 0.717) is 6.54 Å². The van der Waals surface area contributed by atoms with Gasteiger partial charge in [0.25, 0.3) is 0 Å². The van der Waals surface area contributed by atoms with Gasteiger partial charge in [-0.3, -0.25) is 4.79 Å². The molecule has 0 radical (unpaired) electrons. The molecule has 3 N–H and O–H groups in total. The van der Waals surface area contributed by atoms with Crippen LogP contribution in [0.1, 0.15) is 38.8 Å². The number of carbonyl (C=O) groups excluding carboxylic acids is 1. The summed E-state index contributed by atoms with van der Waals surface area (Å²) in [6.45, 7) is 3.28. The van der Waals surface area contributed by atoms with E-state index in [1.165, 1.54) is 5.56 Å². The number of hydrogen-bond acceptors (Lipinski definition) is 4. The number of carboxylic acid groups (broad SMARTS) is 1. The fraction of sp³-hybridized carbons (Fsp3) is 0.263. The van der Waals surface area contributed by atoms with E-state index in [4.69, 9.17) is 5.11 Å². The lowest BCUT2D eigenvalue weighted by molar-refractivity contribution is 0.0696. The molecule has 0 bridgehead atoms. The van der Waals surface area contributed by atoms with Crippen LogP contribution in [0.5, 0.6) is 0 Å². The number of anilines is 1. The van der Waals surface area contributed by atoms with Gasteiger partial charge in [0.05, 0.1) is 11.6 Å². The first-order chi connectivity index (χ1) is 11.5. The standard InChI is InChI=1S/C19H20N2O3/c1-12(21-11-13-2-4-14(5-3-13)19(23)24)18(22)16-6-7-17-15(10-16)8-9-20-17/h2-7,10,12,20-21H,8-9,11H2,1H3,(H,23,24). The molecule has 0 fully saturated rings. The van der Waals surface area contributed by atoms with Crippen LogP contribution >= 0.6 is 0 Å². The average Bonchev–Trinajstić information content (AvgIpc) is 3.07. The monoisotopic (exact) mass is 324 g/mol. The number of Topliss-reactive ketones (excluding diaryl/α,β-unsaturated/α-hetero) is 1. The lowest BCUT2D eigenvalue weighted by Gasteiger charge is -2.14. The second-order valence-electron chi connectivity index (χ2n) is 6.02. The van der Waals surface area contributed by atoms with Gasteiger partial charge in [-0.05, 0) is 54.8 Å². The zero-order chi connectivity index (χ0) is 17.1. The summed E-state index contributed by atoms with van der Waals surface area (Å²) < 4.78 is 0. The third kappa shape index (κ3) is 3.46. The molecule has 5 heteroatoms. The van der Waals surface area contributed by atoms with Crippen molar-refractivity contribution in [1.29, 1.82) is 0 Å². The molecule has 1 atom stereocenters. The van der Waals surface area contributed by atoms with Crippen molar-refractivity contribution in [3.05, 3.63) is 64.7 Å². The number of hydrogen-bond donors (Lipinski definition) is 3. The Bertz CT molecular complexity index is 769. The van der Waals surface area contributed by atoms with E-state index in [2.05, 4.69) is 10.6 Å². The van der Waals surface area contributed by atoms with Gasteiger partial charge in [0.15, 0.2) is 5.78 Å². The van der Waals surface area contributed by atoms with E-state index in [1.807, 2.05) is 25.1 Å². The molecule has 0 saturated carbocycles. The van der Waals surface area contributed by atoms with Gasteiger partial charge in [-0.1, -0.05) is 12.1 Å². The molecular formula is C19H20N2O3. The molecule has 0 saturated heterocycles. The fourth-order valence-corrected chi connectivity index (χ4v) is 2.84. The zero-order valence-corrected chi connectivity index (χ0v) is 13.5. The number of fused-ring (bicyclic) bond motifs is 1. The second-order valence-corrected chi connectivity index (χ2v) is 6.02. The quantitative estimate of drug-likeness (QED) is 0.712. The number of carbonyl (C=O) groups is 2. The number of nitrogens with one attached hydrogen (secondary N) is 2. The maximum Gasteiger partial charge on any atom is 0.335 e. The SMILES string of the molecule is CC(NCc1ccc(C(=O)O)cc1)C(=O)c1ccc2c(c1)CCN2. The molecule has 5 nitrogen and oxygen atoms in total. The molecule has 1 aliphatic rings. The summed E-state index contributed by atoms with van der Waals surface area (Å²) in [6.07, 6.45) is 0.953. The molecule has 0 aromatic heterocycles. The van der Waals surface area contributed by atoms with E-state index in [-0.39, 0.29) is 17.4 Å². The lowest BCUT2D eigenvalue weighted by Crippen LogP contribution is -2.33. The van der Waals surface area contributed by atoms with E-state index < -0.39 is 5.97 Å². The molecule has 2 aromatic rings. The number of aromatic carboxylic acids is 1. The minimum atomic E-state index is -0.941. The normalized spacial score (nSPS) is 13.9. The minimum absolute atomic E-state index is 0.0619. The van der Waals surface area contributed by atoms with Gasteiger partial charge >= 0.3 is 5.97 Å². The molecule has 0 spiro atoms. The van der Waals surface area contributed by atoms with Gasteiger partial charge in [0.1, 0.15) is 0 Å². The molecule has 3 rings (SSSR count). The number of rotatable bonds is 6. The number of ketones is 1. The van der Waals surface area contributed by atoms with Crippen molar-refractivity contribution in [2.45, 2.75) is 25.9 Å². The van der Waals surface area contributed by atoms with Crippen molar-refractivity contribution < 1.29 is 14.7 Å². The van der Waals surface area contributed by atoms with Crippen molar-refractivity contribution in [3.63, 3.8) is 0 Å². The third-order valence-corrected chi connectivity index (χ3v) is 4.31. The first-order valence-corrected chi connectivity index (χ1v) is 8.01. The van der Waals surface area contributed by atoms with Crippen LogP contribution in [0.2, 0.25) is 0 Å². The Labute approximate surface area is 140 Å². The first kappa shape index (κ1) is 16.2. The smallest absolute Gasteiger partial charge is 0.335 e. The van der Waals surface area contributed by atoms with Crippen molar-refractivity contribution in [2.24, 2.45) is 0 Å². The Morgan fingerprint density at radius 1 is 1.17 bits per heavy atom. The highest BCUT2D eigenvalue weighted by Gasteiger charge is 2.18. The Balaban J connectivity index is 1.61. The van der Waals surface area contributed by atoms with Crippen molar-refractivity contribution in [1.82, 2.24) is 5.32 Å². The Morgan fingerprint density at radius 3 is 2.58 bits per heavy atom. The van der Waals surface area contributed by atoms with Gasteiger partial charge < -0.3 is 15.7 Å². The van der Waals surface area contributed by atoms with Gasteiger partial charge in [-0.2, -0.15) is 0 Å². The highest BCUT2D eigenvalue weighted by atomic mass is 16.4. The molecule has 24 heavy (non-hydrogen) atoms. The first-order valence-electron chi connectivity index (χ1n) is 8.01. The van der Waals surface area contributed by atoms with E-state index in [1.54, 1.807) is 24.3 Å². The van der Waals surface area contributed by atoms with Crippen LogP contribution in [0, 0.1) is 0 Å². The maximum atomic E-state index is 12.5. The Kier molecular flexibility index (Phi) is 4.62. The summed E-state index contributed by atoms with van der Waals surface area (Å²) in [5, 5.41) is 15.4. The summed E-state index contributed by atoms with van der Waals surface area (Å²) in [7, 11) is 0. The summed E-state index contributed by atoms with van der Waals surface area (Å²) in [4.78, 5) is 23.4. The Morgan fingerprint density at radius 2 is 1.88 bits per heavy atom. The summed E-state index contributed by atoms with van der Waals surface area (Å²) in [6, 6.07) is 12.1. The van der Waals surface area contributed by atoms with Gasteiger partial charge in [0, 0.05) is 24.3 Å². The summed E-state index contributed by atoms with van der Waals surface area (Å²) in [5.74, 6) is -0.879. The van der Waals surface area contributed by atoms with Crippen molar-refractivity contribution >= 4 is 17.4 Å². The molecule has 0 aliphatic carbocycles. The molecule has 1 heterocycles. The summed E-state index contributed by atoms with van der Waals surface area (Å²) >= 11 is 0. The van der Waals surface area contributed by atoms with Crippen LogP contribution in [0.3, 0.4) is 0 Å². The van der Waals surface area contributed by atoms with E-state index in [0.717, 1.165) is 29.8 Å². The van der Waals surface area contributed by atoms with E-state index in [9.17, 15) is 9.59 Å². The molecule has 124 valence electrons. The second kappa shape index (κ2) is 6.84. The molecule has 1 unspecified atom stereocenters. The molecular weight excluding hydrogens is 304 g/mol. The largest absolute Gasteiger partial charge is 0.478 e. The van der Waals surface area contributed by atoms with Gasteiger partial charge in [0.2, 0.25) is 0 Å². The Hall–Kier alpha value is -2.66. The number of benzene rings is 2. The van der Waals surface area contributed by atoms with Gasteiger partial charge in [-0.15, -0.1) is 0 Å². The number of carboxylic acids is 1. The van der Waals surface area contributed by atoms with Crippen LogP contribution in [0.4, 0.5) is 5.69 Å². The fourth-order valence-electron chi connectivity index (χ4n) is 2.84.